The van der Waals surface area contributed by atoms with Gasteiger partial charge >= 0.3 is 11.9 Å². The molecule has 3 N–H and O–H groups in total. The van der Waals surface area contributed by atoms with Crippen molar-refractivity contribution in [3.63, 3.8) is 0 Å². The fourth-order valence-electron chi connectivity index (χ4n) is 4.92. The lowest BCUT2D eigenvalue weighted by Crippen LogP contribution is -2.50. The Morgan fingerprint density at radius 3 is 2.54 bits per heavy atom. The summed E-state index contributed by atoms with van der Waals surface area (Å²) in [7, 11) is 0. The molecule has 0 spiro atoms. The number of benzene rings is 1. The van der Waals surface area contributed by atoms with Crippen LogP contribution in [0.25, 0.3) is 17.1 Å². The normalized spacial score (nSPS) is 18.4. The Labute approximate surface area is 272 Å². The van der Waals surface area contributed by atoms with E-state index in [2.05, 4.69) is 30.8 Å². The summed E-state index contributed by atoms with van der Waals surface area (Å²) >= 11 is 5.95. The van der Waals surface area contributed by atoms with Gasteiger partial charge < -0.3 is 20.6 Å². The van der Waals surface area contributed by atoms with Crippen molar-refractivity contribution in [1.82, 2.24) is 49.6 Å². The Kier molecular flexibility index (Phi) is 8.73. The molecule has 2 fully saturated rings. The number of hydrogen-bond donors (Lipinski definition) is 3. The minimum absolute atomic E-state index is 0.0392. The van der Waals surface area contributed by atoms with Gasteiger partial charge in [-0.3, -0.25) is 23.9 Å². The first-order chi connectivity index (χ1) is 22.8. The van der Waals surface area contributed by atoms with Gasteiger partial charge in [0, 0.05) is 36.3 Å². The van der Waals surface area contributed by atoms with Gasteiger partial charge in [-0.15, -0.1) is 10.2 Å². The molecule has 4 aromatic rings. The minimum Gasteiger partial charge on any atom is -0.382 e. The zero-order valence-electron chi connectivity index (χ0n) is 24.6. The first-order valence-corrected chi connectivity index (χ1v) is 14.8. The number of aromatic nitrogens is 7. The number of pyridine rings is 1. The molecule has 6 rings (SSSR count). The molecule has 1 saturated heterocycles. The van der Waals surface area contributed by atoms with Crippen molar-refractivity contribution in [2.75, 3.05) is 19.6 Å². The summed E-state index contributed by atoms with van der Waals surface area (Å²) < 4.78 is 55.8. The smallest absolute Gasteiger partial charge is 0.382 e. The van der Waals surface area contributed by atoms with Crippen LogP contribution in [0.5, 0.6) is 0 Å². The molecule has 2 aliphatic rings. The number of rotatable bonds is 9. The average molecular weight is 693 g/mol. The highest BCUT2D eigenvalue weighted by Gasteiger charge is 2.40. The summed E-state index contributed by atoms with van der Waals surface area (Å²) in [5.41, 5.74) is -0.937. The number of carbonyl (C=O) groups excluding carboxylic acids is 3. The number of piperazine rings is 1. The maximum atomic E-state index is 13.7. The van der Waals surface area contributed by atoms with Crippen LogP contribution in [0.2, 0.25) is 5.02 Å². The maximum Gasteiger partial charge on any atom is 0.416 e. The van der Waals surface area contributed by atoms with Crippen molar-refractivity contribution >= 4 is 29.3 Å². The number of carbonyl (C=O) groups is 3. The van der Waals surface area contributed by atoms with Gasteiger partial charge in [0.2, 0.25) is 11.7 Å². The fourth-order valence-corrected chi connectivity index (χ4v) is 5.05. The lowest BCUT2D eigenvalue weighted by atomic mass is 10.2. The van der Waals surface area contributed by atoms with E-state index in [0.717, 1.165) is 9.36 Å². The summed E-state index contributed by atoms with van der Waals surface area (Å²) in [5, 5.41) is 23.8. The van der Waals surface area contributed by atoms with Gasteiger partial charge in [-0.2, -0.15) is 13.2 Å². The standard InChI is InChI=1S/C28H25ClF4N10O5/c29-15-3-1-14(2-4-15)23-39-42(27(48)41(23)11-20(44)28(31,32)33)12-21-37-24(26(47)40-8-7-35-22(45)13-40)43(38-21)19-10-34-6-5-16(19)25(46)36-18-9-17(18)30/h1-6,10,17-18,20,44H,7-9,11-13H2,(H,35,45)(H,36,46)/t17-,18+,20+/m1/s1. The number of aliphatic hydroxyl groups excluding tert-OH is 1. The molecule has 1 aliphatic heterocycles. The molecule has 48 heavy (non-hydrogen) atoms. The minimum atomic E-state index is -5.04. The first kappa shape index (κ1) is 32.8. The first-order valence-electron chi connectivity index (χ1n) is 14.4. The van der Waals surface area contributed by atoms with Crippen molar-refractivity contribution in [2.45, 2.75) is 44.0 Å². The Balaban J connectivity index is 1.42. The third kappa shape index (κ3) is 6.77. The SMILES string of the molecule is O=C1CN(C(=O)c2nc(Cn3nc(-c4ccc(Cl)cc4)n(C[C@H](O)C(F)(F)F)c3=O)nn2-c2cnccc2C(=O)N[C@H]2C[C@H]2F)CCN1. The predicted molar refractivity (Wildman–Crippen MR) is 157 cm³/mol. The highest BCUT2D eigenvalue weighted by Crippen LogP contribution is 2.27. The van der Waals surface area contributed by atoms with Crippen LogP contribution in [-0.4, -0.2) is 106 Å². The van der Waals surface area contributed by atoms with Gasteiger partial charge in [0.25, 0.3) is 11.8 Å². The molecule has 1 saturated carbocycles. The monoisotopic (exact) mass is 692 g/mol. The van der Waals surface area contributed by atoms with Crippen molar-refractivity contribution in [3.8, 4) is 17.1 Å². The quantitative estimate of drug-likeness (QED) is 0.213. The zero-order valence-corrected chi connectivity index (χ0v) is 25.3. The highest BCUT2D eigenvalue weighted by atomic mass is 35.5. The molecular weight excluding hydrogens is 668 g/mol. The van der Waals surface area contributed by atoms with Crippen molar-refractivity contribution in [1.29, 1.82) is 0 Å². The molecule has 0 radical (unpaired) electrons. The van der Waals surface area contributed by atoms with E-state index in [1.54, 1.807) is 0 Å². The van der Waals surface area contributed by atoms with Crippen LogP contribution in [0.15, 0.2) is 47.5 Å². The van der Waals surface area contributed by atoms with Crippen LogP contribution in [0.1, 0.15) is 33.2 Å². The molecule has 1 aliphatic carbocycles. The number of halogens is 5. The summed E-state index contributed by atoms with van der Waals surface area (Å²) in [6.07, 6.45) is -6.50. The summed E-state index contributed by atoms with van der Waals surface area (Å²) in [6, 6.07) is 6.35. The van der Waals surface area contributed by atoms with E-state index in [1.807, 2.05) is 0 Å². The second-order valence-electron chi connectivity index (χ2n) is 11.0. The van der Waals surface area contributed by atoms with Crippen LogP contribution in [0, 0.1) is 0 Å². The third-order valence-corrected chi connectivity index (χ3v) is 7.77. The number of aliphatic hydroxyl groups is 1. The van der Waals surface area contributed by atoms with Crippen molar-refractivity contribution in [3.05, 3.63) is 75.4 Å². The van der Waals surface area contributed by atoms with Gasteiger partial charge in [0.15, 0.2) is 17.8 Å². The maximum absolute atomic E-state index is 13.7. The van der Waals surface area contributed by atoms with Gasteiger partial charge in [-0.05, 0) is 30.3 Å². The Hall–Kier alpha value is -5.17. The van der Waals surface area contributed by atoms with Crippen LogP contribution >= 0.6 is 11.6 Å². The number of alkyl halides is 4. The van der Waals surface area contributed by atoms with E-state index in [0.29, 0.717) is 9.59 Å². The van der Waals surface area contributed by atoms with Crippen LogP contribution < -0.4 is 16.3 Å². The number of nitrogens with one attached hydrogen (secondary N) is 2. The van der Waals surface area contributed by atoms with E-state index >= 15 is 0 Å². The van der Waals surface area contributed by atoms with Crippen LogP contribution in [0.4, 0.5) is 17.6 Å². The van der Waals surface area contributed by atoms with Gasteiger partial charge in [0.05, 0.1) is 30.0 Å². The molecule has 3 amide bonds. The molecule has 1 aromatic carbocycles. The highest BCUT2D eigenvalue weighted by molar-refractivity contribution is 6.30. The number of hydrogen-bond acceptors (Lipinski definition) is 9. The zero-order chi connectivity index (χ0) is 34.3. The summed E-state index contributed by atoms with van der Waals surface area (Å²) in [6.45, 7) is -1.80. The van der Waals surface area contributed by atoms with Gasteiger partial charge in [-0.25, -0.2) is 23.5 Å². The van der Waals surface area contributed by atoms with Crippen LogP contribution in [0.3, 0.4) is 0 Å². The number of nitrogens with zero attached hydrogens (tertiary/aromatic N) is 8. The van der Waals surface area contributed by atoms with Crippen LogP contribution in [-0.2, 0) is 17.9 Å². The van der Waals surface area contributed by atoms with E-state index in [1.165, 1.54) is 47.6 Å². The topological polar surface area (TPSA) is 182 Å². The fraction of sp³-hybridized carbons (Fsp3) is 0.357. The van der Waals surface area contributed by atoms with Crippen molar-refractivity contribution in [2.24, 2.45) is 0 Å². The Morgan fingerprint density at radius 2 is 1.88 bits per heavy atom. The molecule has 0 bridgehead atoms. The Bertz CT molecular complexity index is 1940. The van der Waals surface area contributed by atoms with E-state index in [9.17, 15) is 41.8 Å². The summed E-state index contributed by atoms with van der Waals surface area (Å²) in [5.74, 6) is -2.72. The Morgan fingerprint density at radius 1 is 1.15 bits per heavy atom. The molecule has 252 valence electrons. The molecular formula is C28H25ClF4N10O5. The second kappa shape index (κ2) is 12.8. The van der Waals surface area contributed by atoms with E-state index in [-0.39, 0.29) is 60.3 Å². The van der Waals surface area contributed by atoms with Crippen molar-refractivity contribution < 1.29 is 37.1 Å². The predicted octanol–water partition coefficient (Wildman–Crippen LogP) is 0.725. The molecule has 0 unspecified atom stereocenters. The second-order valence-corrected chi connectivity index (χ2v) is 11.4. The lowest BCUT2D eigenvalue weighted by Gasteiger charge is -2.26. The average Bonchev–Trinajstić information content (AvgIpc) is 3.44. The molecule has 3 aromatic heterocycles. The molecule has 4 heterocycles. The molecule has 20 heteroatoms. The molecule has 3 atom stereocenters. The summed E-state index contributed by atoms with van der Waals surface area (Å²) in [4.78, 5) is 61.7. The largest absolute Gasteiger partial charge is 0.416 e. The number of amides is 3. The van der Waals surface area contributed by atoms with E-state index in [4.69, 9.17) is 11.6 Å². The van der Waals surface area contributed by atoms with Gasteiger partial charge in [-0.1, -0.05) is 11.6 Å². The molecule has 15 nitrogen and oxygen atoms in total. The van der Waals surface area contributed by atoms with E-state index < -0.39 is 61.0 Å². The van der Waals surface area contributed by atoms with Gasteiger partial charge in [0.1, 0.15) is 19.3 Å². The third-order valence-electron chi connectivity index (χ3n) is 7.52. The lowest BCUT2D eigenvalue weighted by molar-refractivity contribution is -0.207.